The van der Waals surface area contributed by atoms with Crippen LogP contribution in [0.5, 0.6) is 11.5 Å². The number of rotatable bonds is 7. The minimum atomic E-state index is -0.637. The largest absolute Gasteiger partial charge is 0.493 e. The van der Waals surface area contributed by atoms with Gasteiger partial charge in [0.2, 0.25) is 0 Å². The van der Waals surface area contributed by atoms with E-state index in [0.717, 1.165) is 29.9 Å². The molecule has 0 spiro atoms. The summed E-state index contributed by atoms with van der Waals surface area (Å²) in [5.74, 6) is 1.99. The lowest BCUT2D eigenvalue weighted by molar-refractivity contribution is -0.137. The summed E-state index contributed by atoms with van der Waals surface area (Å²) in [6.45, 7) is 0.802. The van der Waals surface area contributed by atoms with E-state index in [1.165, 1.54) is 52.7 Å². The van der Waals surface area contributed by atoms with Gasteiger partial charge in [0.15, 0.2) is 11.5 Å². The van der Waals surface area contributed by atoms with E-state index >= 15 is 0 Å². The number of carbonyl (C=O) groups is 2. The molecule has 4 fully saturated rings. The Morgan fingerprint density at radius 1 is 0.829 bits per heavy atom. The highest BCUT2D eigenvalue weighted by Gasteiger charge is 2.51. The second-order valence-corrected chi connectivity index (χ2v) is 10.8. The third-order valence-electron chi connectivity index (χ3n) is 8.50. The first-order chi connectivity index (χ1) is 16.9. The second-order valence-electron chi connectivity index (χ2n) is 10.8. The third kappa shape index (κ3) is 4.30. The lowest BCUT2D eigenvalue weighted by Crippen LogP contribution is -2.50. The van der Waals surface area contributed by atoms with Gasteiger partial charge >= 0.3 is 11.9 Å². The van der Waals surface area contributed by atoms with E-state index in [2.05, 4.69) is 0 Å². The zero-order valence-corrected chi connectivity index (χ0v) is 21.0. The zero-order valence-electron chi connectivity index (χ0n) is 21.0. The number of hydrogen-bond acceptors (Lipinski definition) is 7. The highest BCUT2D eigenvalue weighted by atomic mass is 16.5. The smallest absolute Gasteiger partial charge is 0.336 e. The van der Waals surface area contributed by atoms with Crippen LogP contribution in [0, 0.1) is 23.2 Å². The predicted octanol–water partition coefficient (Wildman–Crippen LogP) is 4.43. The standard InChI is InChI=1S/C28H35NO6/c1-32-23-6-5-20(10-24(23)33-2)25-21(26(30)34-3)14-29(15-22(25)27(31)35-4)16-28-11-17-7-18(12-28)9-19(8-17)13-28/h5-6,10,14-15,17-19,25H,7-9,11-13,16H2,1-4H3. The van der Waals surface area contributed by atoms with E-state index in [4.69, 9.17) is 18.9 Å². The number of nitrogens with zero attached hydrogens (tertiary/aromatic N) is 1. The Morgan fingerprint density at radius 2 is 1.34 bits per heavy atom. The summed E-state index contributed by atoms with van der Waals surface area (Å²) in [5.41, 5.74) is 1.78. The van der Waals surface area contributed by atoms with E-state index in [9.17, 15) is 9.59 Å². The molecule has 1 aromatic rings. The zero-order chi connectivity index (χ0) is 24.7. The molecule has 1 aliphatic heterocycles. The van der Waals surface area contributed by atoms with Gasteiger partial charge in [-0.25, -0.2) is 9.59 Å². The van der Waals surface area contributed by atoms with Crippen LogP contribution < -0.4 is 9.47 Å². The maximum Gasteiger partial charge on any atom is 0.336 e. The molecule has 35 heavy (non-hydrogen) atoms. The third-order valence-corrected chi connectivity index (χ3v) is 8.50. The molecule has 0 saturated heterocycles. The van der Waals surface area contributed by atoms with Crippen molar-refractivity contribution in [2.24, 2.45) is 23.2 Å². The van der Waals surface area contributed by atoms with Gasteiger partial charge < -0.3 is 23.8 Å². The summed E-state index contributed by atoms with van der Waals surface area (Å²) in [4.78, 5) is 28.1. The Hall–Kier alpha value is -2.96. The SMILES string of the molecule is COC(=O)C1=CN(CC23CC4CC(CC(C4)C2)C3)C=C(C(=O)OC)C1c1ccc(OC)c(OC)c1. The van der Waals surface area contributed by atoms with Crippen LogP contribution in [0.3, 0.4) is 0 Å². The number of benzene rings is 1. The van der Waals surface area contributed by atoms with Crippen molar-refractivity contribution in [2.45, 2.75) is 44.4 Å². The molecule has 1 heterocycles. The van der Waals surface area contributed by atoms with Gasteiger partial charge in [-0.1, -0.05) is 6.07 Å². The van der Waals surface area contributed by atoms with Crippen LogP contribution in [-0.2, 0) is 19.1 Å². The highest BCUT2D eigenvalue weighted by molar-refractivity contribution is 5.98. The molecule has 7 heteroatoms. The summed E-state index contributed by atoms with van der Waals surface area (Å²) in [7, 11) is 5.87. The summed E-state index contributed by atoms with van der Waals surface area (Å²) in [5, 5.41) is 0. The van der Waals surface area contributed by atoms with E-state index < -0.39 is 17.9 Å². The van der Waals surface area contributed by atoms with Crippen LogP contribution >= 0.6 is 0 Å². The monoisotopic (exact) mass is 481 g/mol. The van der Waals surface area contributed by atoms with Gasteiger partial charge in [-0.05, 0) is 79.4 Å². The molecule has 4 aliphatic carbocycles. The molecular weight excluding hydrogens is 446 g/mol. The molecule has 0 unspecified atom stereocenters. The van der Waals surface area contributed by atoms with Gasteiger partial charge in [0.1, 0.15) is 0 Å². The fourth-order valence-electron chi connectivity index (χ4n) is 7.64. The van der Waals surface area contributed by atoms with E-state index in [0.29, 0.717) is 22.6 Å². The van der Waals surface area contributed by atoms with Crippen LogP contribution in [-0.4, -0.2) is 51.8 Å². The van der Waals surface area contributed by atoms with Crippen molar-refractivity contribution in [2.75, 3.05) is 35.0 Å². The first-order valence-corrected chi connectivity index (χ1v) is 12.5. The molecule has 5 aliphatic rings. The molecular formula is C28H35NO6. The first kappa shape index (κ1) is 23.8. The quantitative estimate of drug-likeness (QED) is 0.533. The van der Waals surface area contributed by atoms with Gasteiger partial charge in [0.05, 0.1) is 45.5 Å². The molecule has 0 atom stereocenters. The van der Waals surface area contributed by atoms with Crippen molar-refractivity contribution < 1.29 is 28.5 Å². The van der Waals surface area contributed by atoms with Crippen molar-refractivity contribution in [1.82, 2.24) is 4.90 Å². The molecule has 4 saturated carbocycles. The molecule has 7 nitrogen and oxygen atoms in total. The van der Waals surface area contributed by atoms with Crippen LogP contribution in [0.2, 0.25) is 0 Å². The minimum Gasteiger partial charge on any atom is -0.493 e. The average molecular weight is 482 g/mol. The van der Waals surface area contributed by atoms with Gasteiger partial charge in [-0.15, -0.1) is 0 Å². The Kier molecular flexibility index (Phi) is 6.28. The first-order valence-electron chi connectivity index (χ1n) is 12.5. The van der Waals surface area contributed by atoms with Crippen LogP contribution in [0.4, 0.5) is 0 Å². The number of methoxy groups -OCH3 is 4. The van der Waals surface area contributed by atoms with Crippen molar-refractivity contribution in [3.05, 3.63) is 47.3 Å². The highest BCUT2D eigenvalue weighted by Crippen LogP contribution is 2.60. The van der Waals surface area contributed by atoms with E-state index in [1.54, 1.807) is 26.4 Å². The molecule has 4 bridgehead atoms. The summed E-state index contributed by atoms with van der Waals surface area (Å²) >= 11 is 0. The summed E-state index contributed by atoms with van der Waals surface area (Å²) in [6.07, 6.45) is 11.6. The van der Waals surface area contributed by atoms with Crippen LogP contribution in [0.25, 0.3) is 0 Å². The molecule has 0 radical (unpaired) electrons. The summed E-state index contributed by atoms with van der Waals surface area (Å²) in [6, 6.07) is 5.42. The molecule has 0 N–H and O–H groups in total. The molecule has 1 aromatic carbocycles. The van der Waals surface area contributed by atoms with Gasteiger partial charge in [-0.3, -0.25) is 0 Å². The minimum absolute atomic E-state index is 0.236. The summed E-state index contributed by atoms with van der Waals surface area (Å²) < 4.78 is 21.2. The van der Waals surface area contributed by atoms with Gasteiger partial charge in [0, 0.05) is 18.9 Å². The Bertz CT molecular complexity index is 1000. The van der Waals surface area contributed by atoms with Crippen molar-refractivity contribution in [3.63, 3.8) is 0 Å². The maximum atomic E-state index is 13.0. The molecule has 6 rings (SSSR count). The maximum absolute atomic E-state index is 13.0. The van der Waals surface area contributed by atoms with Gasteiger partial charge in [0.25, 0.3) is 0 Å². The van der Waals surface area contributed by atoms with E-state index in [-0.39, 0.29) is 5.41 Å². The van der Waals surface area contributed by atoms with Crippen LogP contribution in [0.1, 0.15) is 50.0 Å². The second kappa shape index (κ2) is 9.25. The topological polar surface area (TPSA) is 74.3 Å². The Balaban J connectivity index is 1.53. The molecule has 188 valence electrons. The molecule has 0 aromatic heterocycles. The fraction of sp³-hybridized carbons (Fsp3) is 0.571. The number of carbonyl (C=O) groups excluding carboxylic acids is 2. The van der Waals surface area contributed by atoms with Crippen molar-refractivity contribution >= 4 is 11.9 Å². The van der Waals surface area contributed by atoms with Crippen molar-refractivity contribution in [3.8, 4) is 11.5 Å². The number of hydrogen-bond donors (Lipinski definition) is 0. The lowest BCUT2D eigenvalue weighted by atomic mass is 9.49. The molecule has 0 amide bonds. The number of esters is 2. The predicted molar refractivity (Wildman–Crippen MR) is 130 cm³/mol. The van der Waals surface area contributed by atoms with E-state index in [1.807, 2.05) is 23.4 Å². The normalized spacial score (nSPS) is 29.4. The van der Waals surface area contributed by atoms with Crippen molar-refractivity contribution in [1.29, 1.82) is 0 Å². The average Bonchev–Trinajstić information content (AvgIpc) is 2.85. The lowest BCUT2D eigenvalue weighted by Gasteiger charge is -2.57. The number of ether oxygens (including phenoxy) is 4. The Morgan fingerprint density at radius 3 is 1.80 bits per heavy atom. The van der Waals surface area contributed by atoms with Gasteiger partial charge in [-0.2, -0.15) is 0 Å². The Labute approximate surface area is 207 Å². The van der Waals surface area contributed by atoms with Crippen LogP contribution in [0.15, 0.2) is 41.7 Å². The fourth-order valence-corrected chi connectivity index (χ4v) is 7.64.